The van der Waals surface area contributed by atoms with Crippen molar-refractivity contribution in [3.05, 3.63) is 21.8 Å². The van der Waals surface area contributed by atoms with Crippen LogP contribution in [-0.2, 0) is 0 Å². The van der Waals surface area contributed by atoms with E-state index in [1.807, 2.05) is 6.07 Å². The molecule has 1 heterocycles. The van der Waals surface area contributed by atoms with Crippen LogP contribution >= 0.6 is 43.5 Å². The molecule has 0 radical (unpaired) electrons. The summed E-state index contributed by atoms with van der Waals surface area (Å²) in [5.74, 6) is 0.911. The third kappa shape index (κ3) is 2.71. The van der Waals surface area contributed by atoms with Crippen molar-refractivity contribution in [3.63, 3.8) is 0 Å². The maximum Gasteiger partial charge on any atom is 0.147 e. The molecular weight excluding hydrogens is 355 g/mol. The lowest BCUT2D eigenvalue weighted by atomic mass is 9.91. The van der Waals surface area contributed by atoms with E-state index in [0.29, 0.717) is 6.04 Å². The van der Waals surface area contributed by atoms with Crippen LogP contribution in [0.3, 0.4) is 0 Å². The maximum atomic E-state index is 6.24. The van der Waals surface area contributed by atoms with Gasteiger partial charge in [0.25, 0.3) is 0 Å². The van der Waals surface area contributed by atoms with Crippen LogP contribution in [0.4, 0.5) is 5.82 Å². The zero-order chi connectivity index (χ0) is 11.5. The van der Waals surface area contributed by atoms with Crippen LogP contribution in [0.1, 0.15) is 19.3 Å². The number of alkyl halides is 1. The lowest BCUT2D eigenvalue weighted by Crippen LogP contribution is -2.42. The SMILES string of the molecule is Clc1cc(Br)cnc1N(CCBr)C1CCC1. The Kier molecular flexibility index (Phi) is 4.50. The lowest BCUT2D eigenvalue weighted by molar-refractivity contribution is 0.389. The van der Waals surface area contributed by atoms with Crippen molar-refractivity contribution >= 4 is 49.3 Å². The fraction of sp³-hybridized carbons (Fsp3) is 0.545. The molecule has 88 valence electrons. The van der Waals surface area contributed by atoms with Crippen LogP contribution < -0.4 is 4.90 Å². The quantitative estimate of drug-likeness (QED) is 0.739. The van der Waals surface area contributed by atoms with Gasteiger partial charge in [-0.1, -0.05) is 27.5 Å². The Labute approximate surface area is 118 Å². The molecule has 0 unspecified atom stereocenters. The number of hydrogen-bond acceptors (Lipinski definition) is 2. The smallest absolute Gasteiger partial charge is 0.147 e. The molecule has 16 heavy (non-hydrogen) atoms. The van der Waals surface area contributed by atoms with Gasteiger partial charge < -0.3 is 4.90 Å². The van der Waals surface area contributed by atoms with Crippen molar-refractivity contribution in [3.8, 4) is 0 Å². The van der Waals surface area contributed by atoms with Crippen LogP contribution in [0.25, 0.3) is 0 Å². The van der Waals surface area contributed by atoms with E-state index >= 15 is 0 Å². The first-order valence-electron chi connectivity index (χ1n) is 5.36. The van der Waals surface area contributed by atoms with E-state index in [9.17, 15) is 0 Å². The fourth-order valence-corrected chi connectivity index (χ4v) is 2.99. The predicted molar refractivity (Wildman–Crippen MR) is 75.7 cm³/mol. The molecule has 0 saturated heterocycles. The minimum absolute atomic E-state index is 0.615. The standard InChI is InChI=1S/C11H13Br2ClN2/c12-4-5-16(9-2-1-3-9)11-10(14)6-8(13)7-15-11/h6-7,9H,1-5H2. The molecule has 0 aliphatic heterocycles. The summed E-state index contributed by atoms with van der Waals surface area (Å²) in [6, 6.07) is 2.52. The zero-order valence-electron chi connectivity index (χ0n) is 8.80. The number of hydrogen-bond donors (Lipinski definition) is 0. The molecule has 1 saturated carbocycles. The second-order valence-corrected chi connectivity index (χ2v) is 6.04. The predicted octanol–water partition coefficient (Wildman–Crippen LogP) is 4.25. The largest absolute Gasteiger partial charge is 0.352 e. The Bertz CT molecular complexity index is 369. The zero-order valence-corrected chi connectivity index (χ0v) is 12.7. The third-order valence-electron chi connectivity index (χ3n) is 2.90. The lowest BCUT2D eigenvalue weighted by Gasteiger charge is -2.38. The van der Waals surface area contributed by atoms with Gasteiger partial charge in [-0.05, 0) is 41.3 Å². The van der Waals surface area contributed by atoms with Crippen LogP contribution in [0.15, 0.2) is 16.7 Å². The highest BCUT2D eigenvalue weighted by Gasteiger charge is 2.26. The first-order chi connectivity index (χ1) is 7.72. The number of halogens is 3. The van der Waals surface area contributed by atoms with Gasteiger partial charge >= 0.3 is 0 Å². The van der Waals surface area contributed by atoms with Crippen molar-refractivity contribution in [2.45, 2.75) is 25.3 Å². The van der Waals surface area contributed by atoms with Gasteiger partial charge in [0.05, 0.1) is 5.02 Å². The summed E-state index contributed by atoms with van der Waals surface area (Å²) in [5.41, 5.74) is 0. The van der Waals surface area contributed by atoms with Crippen LogP contribution in [-0.4, -0.2) is 22.9 Å². The number of aromatic nitrogens is 1. The van der Waals surface area contributed by atoms with Gasteiger partial charge in [-0.2, -0.15) is 0 Å². The summed E-state index contributed by atoms with van der Waals surface area (Å²) in [5, 5.41) is 1.67. The number of anilines is 1. The minimum atomic E-state index is 0.615. The van der Waals surface area contributed by atoms with Crippen molar-refractivity contribution in [1.29, 1.82) is 0 Å². The molecule has 5 heteroatoms. The normalized spacial score (nSPS) is 15.9. The second kappa shape index (κ2) is 5.69. The summed E-state index contributed by atoms with van der Waals surface area (Å²) >= 11 is 13.1. The number of pyridine rings is 1. The first-order valence-corrected chi connectivity index (χ1v) is 7.65. The molecule has 1 aromatic rings. The molecule has 1 fully saturated rings. The van der Waals surface area contributed by atoms with Crippen molar-refractivity contribution in [2.75, 3.05) is 16.8 Å². The molecule has 0 bridgehead atoms. The first kappa shape index (κ1) is 12.7. The van der Waals surface area contributed by atoms with E-state index in [4.69, 9.17) is 11.6 Å². The molecule has 1 aliphatic rings. The molecule has 1 aliphatic carbocycles. The van der Waals surface area contributed by atoms with E-state index in [2.05, 4.69) is 41.7 Å². The highest BCUT2D eigenvalue weighted by molar-refractivity contribution is 9.10. The molecule has 2 rings (SSSR count). The minimum Gasteiger partial charge on any atom is -0.352 e. The summed E-state index contributed by atoms with van der Waals surface area (Å²) in [4.78, 5) is 6.74. The molecule has 0 spiro atoms. The fourth-order valence-electron chi connectivity index (χ4n) is 1.87. The van der Waals surface area contributed by atoms with E-state index in [1.54, 1.807) is 6.20 Å². The Balaban J connectivity index is 2.23. The Morgan fingerprint density at radius 1 is 1.50 bits per heavy atom. The van der Waals surface area contributed by atoms with Crippen molar-refractivity contribution < 1.29 is 0 Å². The van der Waals surface area contributed by atoms with Gasteiger partial charge in [-0.15, -0.1) is 0 Å². The topological polar surface area (TPSA) is 16.1 Å². The summed E-state index contributed by atoms with van der Waals surface area (Å²) in [6.45, 7) is 0.957. The van der Waals surface area contributed by atoms with Crippen molar-refractivity contribution in [2.24, 2.45) is 0 Å². The molecule has 2 nitrogen and oxygen atoms in total. The van der Waals surface area contributed by atoms with Crippen LogP contribution in [0.5, 0.6) is 0 Å². The Hall–Kier alpha value is 0.200. The molecule has 0 aromatic carbocycles. The van der Waals surface area contributed by atoms with Gasteiger partial charge in [0.15, 0.2) is 0 Å². The Morgan fingerprint density at radius 3 is 2.75 bits per heavy atom. The van der Waals surface area contributed by atoms with Gasteiger partial charge in [-0.25, -0.2) is 4.98 Å². The molecule has 0 atom stereocenters. The molecule has 1 aromatic heterocycles. The Morgan fingerprint density at radius 2 is 2.25 bits per heavy atom. The summed E-state index contributed by atoms with van der Waals surface area (Å²) in [7, 11) is 0. The van der Waals surface area contributed by atoms with Crippen molar-refractivity contribution in [1.82, 2.24) is 4.98 Å². The van der Waals surface area contributed by atoms with Crippen LogP contribution in [0, 0.1) is 0 Å². The summed E-state index contributed by atoms with van der Waals surface area (Å²) in [6.07, 6.45) is 5.63. The maximum absolute atomic E-state index is 6.24. The number of nitrogens with zero attached hydrogens (tertiary/aromatic N) is 2. The molecular formula is C11H13Br2ClN2. The third-order valence-corrected chi connectivity index (χ3v) is 3.97. The highest BCUT2D eigenvalue weighted by Crippen LogP contribution is 2.33. The molecule has 0 N–H and O–H groups in total. The second-order valence-electron chi connectivity index (χ2n) is 3.93. The number of rotatable bonds is 4. The average molecular weight is 369 g/mol. The van der Waals surface area contributed by atoms with Gasteiger partial charge in [0, 0.05) is 28.6 Å². The van der Waals surface area contributed by atoms with E-state index < -0.39 is 0 Å². The molecule has 0 amide bonds. The van der Waals surface area contributed by atoms with E-state index in [1.165, 1.54) is 19.3 Å². The van der Waals surface area contributed by atoms with E-state index in [0.717, 1.165) is 27.2 Å². The van der Waals surface area contributed by atoms with Crippen LogP contribution in [0.2, 0.25) is 5.02 Å². The highest BCUT2D eigenvalue weighted by atomic mass is 79.9. The van der Waals surface area contributed by atoms with Gasteiger partial charge in [0.1, 0.15) is 5.82 Å². The van der Waals surface area contributed by atoms with Gasteiger partial charge in [-0.3, -0.25) is 0 Å². The average Bonchev–Trinajstić information content (AvgIpc) is 2.14. The summed E-state index contributed by atoms with van der Waals surface area (Å²) < 4.78 is 0.925. The van der Waals surface area contributed by atoms with E-state index in [-0.39, 0.29) is 0 Å². The monoisotopic (exact) mass is 366 g/mol. The van der Waals surface area contributed by atoms with Gasteiger partial charge in [0.2, 0.25) is 0 Å².